The normalized spacial score (nSPS) is 11.1. The molecular formula is C12H16FN3S. The Bertz CT molecular complexity index is 502. The molecule has 0 aromatic carbocycles. The van der Waals surface area contributed by atoms with Crippen molar-refractivity contribution in [1.29, 1.82) is 0 Å². The Balaban J connectivity index is 2.02. The molecule has 0 radical (unpaired) electrons. The minimum atomic E-state index is -0.148. The Morgan fingerprint density at radius 3 is 2.76 bits per heavy atom. The molecule has 0 fully saturated rings. The fraction of sp³-hybridized carbons (Fsp3) is 0.417. The minimum Gasteiger partial charge on any atom is -0.364 e. The third kappa shape index (κ3) is 2.85. The first kappa shape index (κ1) is 12.1. The minimum absolute atomic E-state index is 0.148. The van der Waals surface area contributed by atoms with E-state index in [-0.39, 0.29) is 5.13 Å². The summed E-state index contributed by atoms with van der Waals surface area (Å²) in [5, 5.41) is 7.50. The van der Waals surface area contributed by atoms with E-state index in [1.807, 2.05) is 17.7 Å². The van der Waals surface area contributed by atoms with Crippen molar-refractivity contribution >= 4 is 17.2 Å². The molecule has 2 rings (SSSR count). The summed E-state index contributed by atoms with van der Waals surface area (Å²) in [5.74, 6) is 0.838. The van der Waals surface area contributed by atoms with Gasteiger partial charge < -0.3 is 5.32 Å². The van der Waals surface area contributed by atoms with Gasteiger partial charge in [-0.15, -0.1) is 11.3 Å². The van der Waals surface area contributed by atoms with Crippen molar-refractivity contribution in [3.8, 4) is 0 Å². The van der Waals surface area contributed by atoms with Gasteiger partial charge >= 0.3 is 0 Å². The molecule has 0 bridgehead atoms. The number of hydrogen-bond acceptors (Lipinski definition) is 3. The van der Waals surface area contributed by atoms with Gasteiger partial charge in [-0.2, -0.15) is 9.49 Å². The molecule has 0 aliphatic carbocycles. The molecule has 92 valence electrons. The topological polar surface area (TPSA) is 29.9 Å². The maximum Gasteiger partial charge on any atom is 0.176 e. The lowest BCUT2D eigenvalue weighted by Gasteiger charge is -2.07. The van der Waals surface area contributed by atoms with Crippen LogP contribution in [0.2, 0.25) is 0 Å². The van der Waals surface area contributed by atoms with Crippen LogP contribution in [0.4, 0.5) is 10.2 Å². The van der Waals surface area contributed by atoms with Crippen molar-refractivity contribution < 1.29 is 4.39 Å². The number of halogens is 1. The average molecular weight is 253 g/mol. The molecule has 1 N–H and O–H groups in total. The van der Waals surface area contributed by atoms with Crippen molar-refractivity contribution in [3.05, 3.63) is 33.9 Å². The lowest BCUT2D eigenvalue weighted by Crippen LogP contribution is -2.05. The summed E-state index contributed by atoms with van der Waals surface area (Å²) in [4.78, 5) is 0.972. The SMILES string of the molecule is Cc1cc(NCc2ccc(F)s2)nn1C(C)C. The van der Waals surface area contributed by atoms with Crippen LogP contribution >= 0.6 is 11.3 Å². The molecule has 0 saturated carbocycles. The van der Waals surface area contributed by atoms with Crippen LogP contribution in [-0.2, 0) is 6.54 Å². The predicted octanol–water partition coefficient (Wildman–Crippen LogP) is 3.59. The van der Waals surface area contributed by atoms with Crippen LogP contribution in [0.25, 0.3) is 0 Å². The quantitative estimate of drug-likeness (QED) is 0.902. The molecule has 2 aromatic heterocycles. The van der Waals surface area contributed by atoms with E-state index in [2.05, 4.69) is 24.3 Å². The van der Waals surface area contributed by atoms with Crippen LogP contribution in [0.5, 0.6) is 0 Å². The van der Waals surface area contributed by atoms with E-state index in [9.17, 15) is 4.39 Å². The predicted molar refractivity (Wildman–Crippen MR) is 69.0 cm³/mol. The van der Waals surface area contributed by atoms with Crippen molar-refractivity contribution in [3.63, 3.8) is 0 Å². The number of nitrogens with zero attached hydrogens (tertiary/aromatic N) is 2. The summed E-state index contributed by atoms with van der Waals surface area (Å²) >= 11 is 1.16. The second-order valence-corrected chi connectivity index (χ2v) is 5.39. The van der Waals surface area contributed by atoms with Crippen LogP contribution in [0, 0.1) is 12.1 Å². The number of rotatable bonds is 4. The molecule has 2 aromatic rings. The zero-order valence-corrected chi connectivity index (χ0v) is 11.0. The zero-order chi connectivity index (χ0) is 12.4. The lowest BCUT2D eigenvalue weighted by molar-refractivity contribution is 0.520. The smallest absolute Gasteiger partial charge is 0.176 e. The highest BCUT2D eigenvalue weighted by molar-refractivity contribution is 7.10. The van der Waals surface area contributed by atoms with E-state index in [4.69, 9.17) is 0 Å². The van der Waals surface area contributed by atoms with Crippen molar-refractivity contribution in [2.75, 3.05) is 5.32 Å². The van der Waals surface area contributed by atoms with Crippen molar-refractivity contribution in [2.24, 2.45) is 0 Å². The zero-order valence-electron chi connectivity index (χ0n) is 10.2. The van der Waals surface area contributed by atoms with E-state index in [1.54, 1.807) is 6.07 Å². The van der Waals surface area contributed by atoms with Crippen LogP contribution in [0.3, 0.4) is 0 Å². The van der Waals surface area contributed by atoms with Crippen LogP contribution in [0.15, 0.2) is 18.2 Å². The van der Waals surface area contributed by atoms with Crippen LogP contribution < -0.4 is 5.32 Å². The van der Waals surface area contributed by atoms with Gasteiger partial charge in [0.2, 0.25) is 0 Å². The molecule has 0 amide bonds. The van der Waals surface area contributed by atoms with E-state index in [0.29, 0.717) is 12.6 Å². The molecular weight excluding hydrogens is 237 g/mol. The van der Waals surface area contributed by atoms with Gasteiger partial charge in [-0.05, 0) is 32.9 Å². The molecule has 0 saturated heterocycles. The van der Waals surface area contributed by atoms with Gasteiger partial charge in [0.15, 0.2) is 5.13 Å². The summed E-state index contributed by atoms with van der Waals surface area (Å²) in [6.07, 6.45) is 0. The van der Waals surface area contributed by atoms with Crippen molar-refractivity contribution in [2.45, 2.75) is 33.4 Å². The standard InChI is InChI=1S/C12H16FN3S/c1-8(2)16-9(3)6-12(15-16)14-7-10-4-5-11(13)17-10/h4-6,8H,7H2,1-3H3,(H,14,15). The van der Waals surface area contributed by atoms with Gasteiger partial charge in [-0.25, -0.2) is 0 Å². The summed E-state index contributed by atoms with van der Waals surface area (Å²) in [6, 6.07) is 5.63. The number of anilines is 1. The molecule has 0 spiro atoms. The Morgan fingerprint density at radius 1 is 1.47 bits per heavy atom. The van der Waals surface area contributed by atoms with Crippen LogP contribution in [-0.4, -0.2) is 9.78 Å². The molecule has 0 atom stereocenters. The second-order valence-electron chi connectivity index (χ2n) is 4.27. The molecule has 5 heteroatoms. The van der Waals surface area contributed by atoms with Gasteiger partial charge in [0, 0.05) is 22.7 Å². The summed E-state index contributed by atoms with van der Waals surface area (Å²) in [6.45, 7) is 6.84. The van der Waals surface area contributed by atoms with E-state index >= 15 is 0 Å². The average Bonchev–Trinajstić information content (AvgIpc) is 2.82. The van der Waals surface area contributed by atoms with Gasteiger partial charge in [0.25, 0.3) is 0 Å². The highest BCUT2D eigenvalue weighted by Crippen LogP contribution is 2.17. The number of thiophene rings is 1. The third-order valence-corrected chi connectivity index (χ3v) is 3.36. The van der Waals surface area contributed by atoms with Crippen molar-refractivity contribution in [1.82, 2.24) is 9.78 Å². The lowest BCUT2D eigenvalue weighted by atomic mass is 10.4. The molecule has 2 heterocycles. The highest BCUT2D eigenvalue weighted by atomic mass is 32.1. The van der Waals surface area contributed by atoms with E-state index in [0.717, 1.165) is 27.7 Å². The van der Waals surface area contributed by atoms with Gasteiger partial charge in [0.1, 0.15) is 5.82 Å². The second kappa shape index (κ2) is 4.87. The molecule has 3 nitrogen and oxygen atoms in total. The third-order valence-electron chi connectivity index (χ3n) is 2.48. The van der Waals surface area contributed by atoms with E-state index in [1.165, 1.54) is 6.07 Å². The monoisotopic (exact) mass is 253 g/mol. The summed E-state index contributed by atoms with van der Waals surface area (Å²) < 4.78 is 14.8. The number of nitrogens with one attached hydrogen (secondary N) is 1. The first-order valence-electron chi connectivity index (χ1n) is 5.60. The maximum atomic E-state index is 12.8. The first-order chi connectivity index (χ1) is 8.06. The molecule has 0 aliphatic heterocycles. The molecule has 17 heavy (non-hydrogen) atoms. The fourth-order valence-electron chi connectivity index (χ4n) is 1.72. The first-order valence-corrected chi connectivity index (χ1v) is 6.42. The van der Waals surface area contributed by atoms with Gasteiger partial charge in [0.05, 0.1) is 6.54 Å². The Morgan fingerprint density at radius 2 is 2.24 bits per heavy atom. The Labute approximate surface area is 104 Å². The molecule has 0 aliphatic rings. The van der Waals surface area contributed by atoms with Gasteiger partial charge in [-0.1, -0.05) is 0 Å². The number of hydrogen-bond donors (Lipinski definition) is 1. The summed E-state index contributed by atoms with van der Waals surface area (Å²) in [5.41, 5.74) is 1.12. The number of aromatic nitrogens is 2. The van der Waals surface area contributed by atoms with Gasteiger partial charge in [-0.3, -0.25) is 4.68 Å². The molecule has 0 unspecified atom stereocenters. The Kier molecular flexibility index (Phi) is 3.47. The largest absolute Gasteiger partial charge is 0.364 e. The Hall–Kier alpha value is -1.36. The number of aryl methyl sites for hydroxylation is 1. The summed E-state index contributed by atoms with van der Waals surface area (Å²) in [7, 11) is 0. The highest BCUT2D eigenvalue weighted by Gasteiger charge is 2.07. The van der Waals surface area contributed by atoms with E-state index < -0.39 is 0 Å². The van der Waals surface area contributed by atoms with Crippen LogP contribution in [0.1, 0.15) is 30.5 Å². The maximum absolute atomic E-state index is 12.8. The fourth-order valence-corrected chi connectivity index (χ4v) is 2.39.